The van der Waals surface area contributed by atoms with Crippen LogP contribution in [-0.2, 0) is 9.53 Å². The van der Waals surface area contributed by atoms with E-state index in [-0.39, 0.29) is 24.5 Å². The van der Waals surface area contributed by atoms with Crippen LogP contribution in [-0.4, -0.2) is 79.1 Å². The largest absolute Gasteiger partial charge is 0.444 e. The SMILES string of the molecule is Cc1ccc(C(=O)NCC(=O)NCCCN2CCN(C(=O)OC(C)(C)C)CC2)s1. The molecule has 0 unspecified atom stereocenters. The lowest BCUT2D eigenvalue weighted by molar-refractivity contribution is -0.120. The fraction of sp³-hybridized carbons (Fsp3) is 0.650. The van der Waals surface area contributed by atoms with E-state index in [1.807, 2.05) is 33.8 Å². The van der Waals surface area contributed by atoms with Gasteiger partial charge in [-0.05, 0) is 52.8 Å². The Labute approximate surface area is 176 Å². The van der Waals surface area contributed by atoms with E-state index >= 15 is 0 Å². The van der Waals surface area contributed by atoms with E-state index in [1.54, 1.807) is 11.0 Å². The minimum Gasteiger partial charge on any atom is -0.444 e. The summed E-state index contributed by atoms with van der Waals surface area (Å²) in [7, 11) is 0. The molecule has 0 aliphatic carbocycles. The van der Waals surface area contributed by atoms with E-state index in [9.17, 15) is 14.4 Å². The van der Waals surface area contributed by atoms with Gasteiger partial charge in [0.2, 0.25) is 5.91 Å². The molecule has 0 spiro atoms. The van der Waals surface area contributed by atoms with Gasteiger partial charge in [0.25, 0.3) is 5.91 Å². The highest BCUT2D eigenvalue weighted by molar-refractivity contribution is 7.13. The highest BCUT2D eigenvalue weighted by atomic mass is 32.1. The number of amides is 3. The molecule has 1 aliphatic heterocycles. The van der Waals surface area contributed by atoms with Crippen LogP contribution in [0.4, 0.5) is 4.79 Å². The third kappa shape index (κ3) is 8.41. The summed E-state index contributed by atoms with van der Waals surface area (Å²) in [5.41, 5.74) is -0.478. The predicted molar refractivity (Wildman–Crippen MR) is 113 cm³/mol. The zero-order chi connectivity index (χ0) is 21.4. The van der Waals surface area contributed by atoms with Gasteiger partial charge in [0.1, 0.15) is 5.60 Å². The minimum atomic E-state index is -0.478. The number of hydrogen-bond acceptors (Lipinski definition) is 6. The molecule has 2 rings (SSSR count). The molecule has 0 bridgehead atoms. The number of rotatable bonds is 7. The molecule has 2 N–H and O–H groups in total. The molecule has 162 valence electrons. The molecule has 0 radical (unpaired) electrons. The number of carbonyl (C=O) groups is 3. The summed E-state index contributed by atoms with van der Waals surface area (Å²) in [6.07, 6.45) is 0.556. The molecule has 9 heteroatoms. The van der Waals surface area contributed by atoms with E-state index in [4.69, 9.17) is 4.74 Å². The van der Waals surface area contributed by atoms with Gasteiger partial charge in [0.05, 0.1) is 11.4 Å². The van der Waals surface area contributed by atoms with Crippen molar-refractivity contribution in [1.82, 2.24) is 20.4 Å². The molecule has 1 saturated heterocycles. The Morgan fingerprint density at radius 1 is 1.10 bits per heavy atom. The number of carbonyl (C=O) groups excluding carboxylic acids is 3. The Morgan fingerprint density at radius 3 is 2.38 bits per heavy atom. The van der Waals surface area contributed by atoms with Gasteiger partial charge in [-0.15, -0.1) is 11.3 Å². The van der Waals surface area contributed by atoms with Crippen molar-refractivity contribution >= 4 is 29.2 Å². The smallest absolute Gasteiger partial charge is 0.410 e. The zero-order valence-corrected chi connectivity index (χ0v) is 18.6. The van der Waals surface area contributed by atoms with Gasteiger partial charge < -0.3 is 20.3 Å². The Balaban J connectivity index is 1.55. The second-order valence-corrected chi connectivity index (χ2v) is 9.39. The fourth-order valence-electron chi connectivity index (χ4n) is 2.88. The molecule has 8 nitrogen and oxygen atoms in total. The molecular formula is C20H32N4O4S. The van der Waals surface area contributed by atoms with Crippen LogP contribution in [0.3, 0.4) is 0 Å². The van der Waals surface area contributed by atoms with Crippen LogP contribution in [0.5, 0.6) is 0 Å². The van der Waals surface area contributed by atoms with Crippen molar-refractivity contribution in [2.75, 3.05) is 45.8 Å². The maximum absolute atomic E-state index is 12.1. The molecule has 1 aliphatic rings. The van der Waals surface area contributed by atoms with Crippen LogP contribution < -0.4 is 10.6 Å². The first-order valence-corrected chi connectivity index (χ1v) is 10.8. The Kier molecular flexibility index (Phi) is 8.45. The average Bonchev–Trinajstić information content (AvgIpc) is 3.09. The first-order chi connectivity index (χ1) is 13.6. The molecule has 0 saturated carbocycles. The van der Waals surface area contributed by atoms with Crippen LogP contribution in [0.25, 0.3) is 0 Å². The number of nitrogens with zero attached hydrogens (tertiary/aromatic N) is 2. The molecule has 0 atom stereocenters. The standard InChI is InChI=1S/C20H32N4O4S/c1-15-6-7-16(29-15)18(26)22-14-17(25)21-8-5-9-23-10-12-24(13-11-23)19(27)28-20(2,3)4/h6-7H,5,8-14H2,1-4H3,(H,21,25)(H,22,26). The van der Waals surface area contributed by atoms with E-state index in [0.717, 1.165) is 30.9 Å². The van der Waals surface area contributed by atoms with Crippen LogP contribution in [0, 0.1) is 6.92 Å². The second kappa shape index (κ2) is 10.6. The Bertz CT molecular complexity index is 706. The van der Waals surface area contributed by atoms with Gasteiger partial charge in [-0.3, -0.25) is 14.5 Å². The first-order valence-electron chi connectivity index (χ1n) is 9.95. The number of piperazine rings is 1. The van der Waals surface area contributed by atoms with E-state index < -0.39 is 5.60 Å². The van der Waals surface area contributed by atoms with Gasteiger partial charge in [-0.1, -0.05) is 0 Å². The van der Waals surface area contributed by atoms with Gasteiger partial charge >= 0.3 is 6.09 Å². The zero-order valence-electron chi connectivity index (χ0n) is 17.7. The molecule has 3 amide bonds. The molecule has 1 aromatic heterocycles. The van der Waals surface area contributed by atoms with Gasteiger partial charge in [-0.2, -0.15) is 0 Å². The number of hydrogen-bond donors (Lipinski definition) is 2. The topological polar surface area (TPSA) is 91.0 Å². The van der Waals surface area contributed by atoms with Crippen molar-refractivity contribution in [2.45, 2.75) is 39.7 Å². The van der Waals surface area contributed by atoms with Gasteiger partial charge in [0.15, 0.2) is 0 Å². The van der Waals surface area contributed by atoms with E-state index in [0.29, 0.717) is 24.5 Å². The van der Waals surface area contributed by atoms with Gasteiger partial charge in [-0.25, -0.2) is 4.79 Å². The summed E-state index contributed by atoms with van der Waals surface area (Å²) in [5.74, 6) is -0.414. The van der Waals surface area contributed by atoms with Crippen molar-refractivity contribution in [1.29, 1.82) is 0 Å². The summed E-state index contributed by atoms with van der Waals surface area (Å²) in [6, 6.07) is 3.64. The summed E-state index contributed by atoms with van der Waals surface area (Å²) < 4.78 is 5.40. The maximum Gasteiger partial charge on any atom is 0.410 e. The predicted octanol–water partition coefficient (Wildman–Crippen LogP) is 1.85. The van der Waals surface area contributed by atoms with E-state index in [1.165, 1.54) is 11.3 Å². The van der Waals surface area contributed by atoms with Crippen molar-refractivity contribution in [2.24, 2.45) is 0 Å². The van der Waals surface area contributed by atoms with E-state index in [2.05, 4.69) is 15.5 Å². The summed E-state index contributed by atoms with van der Waals surface area (Å²) in [4.78, 5) is 41.5. The van der Waals surface area contributed by atoms with Crippen LogP contribution in [0.15, 0.2) is 12.1 Å². The number of nitrogens with one attached hydrogen (secondary N) is 2. The van der Waals surface area contributed by atoms with Crippen LogP contribution in [0.1, 0.15) is 41.7 Å². The molecule has 29 heavy (non-hydrogen) atoms. The normalized spacial score (nSPS) is 15.1. The second-order valence-electron chi connectivity index (χ2n) is 8.11. The minimum absolute atomic E-state index is 0.0235. The molecule has 2 heterocycles. The first kappa shape index (κ1) is 23.2. The van der Waals surface area contributed by atoms with Crippen LogP contribution in [0.2, 0.25) is 0 Å². The summed E-state index contributed by atoms with van der Waals surface area (Å²) in [6.45, 7) is 11.8. The van der Waals surface area contributed by atoms with Gasteiger partial charge in [0, 0.05) is 37.6 Å². The maximum atomic E-state index is 12.1. The number of aryl methyl sites for hydroxylation is 1. The number of thiophene rings is 1. The summed E-state index contributed by atoms with van der Waals surface area (Å²) >= 11 is 1.41. The van der Waals surface area contributed by atoms with Crippen molar-refractivity contribution in [3.8, 4) is 0 Å². The average molecular weight is 425 g/mol. The Hall–Kier alpha value is -2.13. The highest BCUT2D eigenvalue weighted by Gasteiger charge is 2.25. The molecule has 1 aromatic rings. The lowest BCUT2D eigenvalue weighted by Crippen LogP contribution is -2.50. The Morgan fingerprint density at radius 2 is 1.79 bits per heavy atom. The van der Waals surface area contributed by atoms with Crippen molar-refractivity contribution < 1.29 is 19.1 Å². The third-order valence-electron chi connectivity index (χ3n) is 4.37. The molecular weight excluding hydrogens is 392 g/mol. The quantitative estimate of drug-likeness (QED) is 0.652. The molecule has 0 aromatic carbocycles. The monoisotopic (exact) mass is 424 g/mol. The summed E-state index contributed by atoms with van der Waals surface area (Å²) in [5, 5.41) is 5.46. The highest BCUT2D eigenvalue weighted by Crippen LogP contribution is 2.14. The lowest BCUT2D eigenvalue weighted by atomic mass is 10.2. The number of ether oxygens (including phenoxy) is 1. The molecule has 1 fully saturated rings. The van der Waals surface area contributed by atoms with Crippen LogP contribution >= 0.6 is 11.3 Å². The lowest BCUT2D eigenvalue weighted by Gasteiger charge is -2.35. The van der Waals surface area contributed by atoms with Crippen molar-refractivity contribution in [3.05, 3.63) is 21.9 Å². The third-order valence-corrected chi connectivity index (χ3v) is 5.37. The fourth-order valence-corrected chi connectivity index (χ4v) is 3.66. The van der Waals surface area contributed by atoms with Crippen molar-refractivity contribution in [3.63, 3.8) is 0 Å².